The van der Waals surface area contributed by atoms with E-state index in [0.717, 1.165) is 22.2 Å². The number of aryl methyl sites for hydroxylation is 1. The second-order valence-electron chi connectivity index (χ2n) is 6.24. The number of urea groups is 1. The molecule has 2 heterocycles. The summed E-state index contributed by atoms with van der Waals surface area (Å²) in [5.74, 6) is 0. The lowest BCUT2D eigenvalue weighted by Gasteiger charge is -2.42. The fourth-order valence-electron chi connectivity index (χ4n) is 3.32. The Morgan fingerprint density at radius 2 is 1.81 bits per heavy atom. The number of hydrogen-bond acceptors (Lipinski definition) is 3. The van der Waals surface area contributed by atoms with E-state index in [1.807, 2.05) is 0 Å². The van der Waals surface area contributed by atoms with Crippen molar-refractivity contribution in [1.82, 2.24) is 5.32 Å². The minimum absolute atomic E-state index is 0.0136. The van der Waals surface area contributed by atoms with E-state index in [1.165, 1.54) is 24.3 Å². The average Bonchev–Trinajstić information content (AvgIpc) is 3.01. The maximum atomic E-state index is 14.4. The summed E-state index contributed by atoms with van der Waals surface area (Å²) in [5, 5.41) is 11.8. The normalized spacial score (nSPS) is 21.4. The molecule has 0 radical (unpaired) electrons. The number of nitrogens with zero attached hydrogens (tertiary/aromatic N) is 2. The van der Waals surface area contributed by atoms with E-state index < -0.39 is 23.3 Å². The van der Waals surface area contributed by atoms with Gasteiger partial charge in [0.15, 0.2) is 0 Å². The van der Waals surface area contributed by atoms with Gasteiger partial charge in [-0.15, -0.1) is 0 Å². The quantitative estimate of drug-likeness (QED) is 0.763. The Morgan fingerprint density at radius 1 is 1.15 bits per heavy atom. The van der Waals surface area contributed by atoms with Gasteiger partial charge in [0.25, 0.3) is 0 Å². The molecule has 1 N–H and O–H groups in total. The molecule has 2 amide bonds. The van der Waals surface area contributed by atoms with Crippen molar-refractivity contribution in [3.63, 3.8) is 0 Å². The summed E-state index contributed by atoms with van der Waals surface area (Å²) in [6.07, 6.45) is -4.91. The number of nitrogens with one attached hydrogen (secondary N) is 1. The number of carbonyl (C=O) groups is 1. The minimum Gasteiger partial charge on any atom is -0.315 e. The van der Waals surface area contributed by atoms with E-state index in [9.17, 15) is 23.2 Å². The Kier molecular flexibility index (Phi) is 3.75. The SMILES string of the molecule is Cc1ccc([C@]2(C(F)(F)F)NC(=O)N3C(=C2C#N)Sc2ccccc23)cc1. The maximum Gasteiger partial charge on any atom is 0.420 e. The van der Waals surface area contributed by atoms with Gasteiger partial charge in [-0.1, -0.05) is 53.7 Å². The largest absolute Gasteiger partial charge is 0.420 e. The van der Waals surface area contributed by atoms with Crippen molar-refractivity contribution >= 4 is 23.5 Å². The standard InChI is InChI=1S/C19H12F3N3OS/c1-11-6-8-12(9-7-11)18(19(20,21)22)13(10-23)16-25(17(26)24-18)14-4-2-3-5-15(14)27-16/h2-9H,1H3,(H,24,26)/t18-/m0/s1. The molecule has 0 saturated heterocycles. The Hall–Kier alpha value is -2.92. The summed E-state index contributed by atoms with van der Waals surface area (Å²) in [4.78, 5) is 14.5. The van der Waals surface area contributed by atoms with Crippen LogP contribution in [0.15, 0.2) is 64.0 Å². The van der Waals surface area contributed by atoms with E-state index in [-0.39, 0.29) is 10.6 Å². The summed E-state index contributed by atoms with van der Waals surface area (Å²) in [6, 6.07) is 13.2. The molecule has 0 saturated carbocycles. The first-order chi connectivity index (χ1) is 12.8. The molecule has 0 unspecified atom stereocenters. The number of rotatable bonds is 1. The molecule has 4 nitrogen and oxygen atoms in total. The number of fused-ring (bicyclic) bond motifs is 3. The molecule has 0 spiro atoms. The lowest BCUT2D eigenvalue weighted by atomic mass is 9.81. The second-order valence-corrected chi connectivity index (χ2v) is 7.27. The number of benzene rings is 2. The summed E-state index contributed by atoms with van der Waals surface area (Å²) < 4.78 is 43.1. The van der Waals surface area contributed by atoms with Crippen molar-refractivity contribution in [3.05, 3.63) is 70.3 Å². The number of thioether (sulfide) groups is 1. The van der Waals surface area contributed by atoms with Crippen LogP contribution in [-0.2, 0) is 5.54 Å². The fraction of sp³-hybridized carbons (Fsp3) is 0.158. The van der Waals surface area contributed by atoms with Gasteiger partial charge < -0.3 is 5.32 Å². The molecule has 1 atom stereocenters. The van der Waals surface area contributed by atoms with Crippen molar-refractivity contribution in [2.75, 3.05) is 4.90 Å². The van der Waals surface area contributed by atoms with Crippen LogP contribution in [0.5, 0.6) is 0 Å². The Morgan fingerprint density at radius 3 is 2.44 bits per heavy atom. The topological polar surface area (TPSA) is 56.1 Å². The molecule has 2 aromatic rings. The maximum absolute atomic E-state index is 14.4. The molecule has 136 valence electrons. The van der Waals surface area contributed by atoms with E-state index in [4.69, 9.17) is 0 Å². The molecule has 0 bridgehead atoms. The third-order valence-electron chi connectivity index (χ3n) is 4.62. The van der Waals surface area contributed by atoms with E-state index in [1.54, 1.807) is 37.3 Å². The molecule has 0 aromatic heterocycles. The first-order valence-electron chi connectivity index (χ1n) is 7.97. The third-order valence-corrected chi connectivity index (χ3v) is 5.77. The van der Waals surface area contributed by atoms with Crippen molar-refractivity contribution in [2.24, 2.45) is 0 Å². The Balaban J connectivity index is 2.03. The highest BCUT2D eigenvalue weighted by molar-refractivity contribution is 8.03. The fourth-order valence-corrected chi connectivity index (χ4v) is 4.51. The number of carbonyl (C=O) groups excluding carboxylic acids is 1. The second kappa shape index (κ2) is 5.79. The summed E-state index contributed by atoms with van der Waals surface area (Å²) in [7, 11) is 0. The van der Waals surface area contributed by atoms with Crippen LogP contribution in [0.2, 0.25) is 0 Å². The van der Waals surface area contributed by atoms with Gasteiger partial charge in [-0.2, -0.15) is 18.4 Å². The van der Waals surface area contributed by atoms with Crippen molar-refractivity contribution in [2.45, 2.75) is 23.5 Å². The number of alkyl halides is 3. The van der Waals surface area contributed by atoms with Gasteiger partial charge >= 0.3 is 12.2 Å². The zero-order valence-electron chi connectivity index (χ0n) is 14.0. The Bertz CT molecular complexity index is 1020. The highest BCUT2D eigenvalue weighted by Gasteiger charge is 2.64. The van der Waals surface area contributed by atoms with Crippen LogP contribution in [0, 0.1) is 18.3 Å². The zero-order valence-corrected chi connectivity index (χ0v) is 14.8. The number of anilines is 1. The number of halogens is 3. The number of nitriles is 1. The van der Waals surface area contributed by atoms with Crippen LogP contribution < -0.4 is 10.2 Å². The van der Waals surface area contributed by atoms with Gasteiger partial charge in [-0.05, 0) is 24.6 Å². The molecule has 2 aromatic carbocycles. The van der Waals surface area contributed by atoms with Crippen molar-refractivity contribution < 1.29 is 18.0 Å². The molecule has 0 aliphatic carbocycles. The monoisotopic (exact) mass is 387 g/mol. The third kappa shape index (κ3) is 2.35. The highest BCUT2D eigenvalue weighted by Crippen LogP contribution is 2.55. The van der Waals surface area contributed by atoms with Crippen LogP contribution in [0.3, 0.4) is 0 Å². The molecular formula is C19H12F3N3OS. The van der Waals surface area contributed by atoms with Gasteiger partial charge in [0.1, 0.15) is 16.7 Å². The number of amides is 2. The summed E-state index contributed by atoms with van der Waals surface area (Å²) in [6.45, 7) is 1.75. The molecule has 8 heteroatoms. The first-order valence-corrected chi connectivity index (χ1v) is 8.79. The summed E-state index contributed by atoms with van der Waals surface area (Å²) in [5.41, 5.74) is -2.40. The zero-order chi connectivity index (χ0) is 19.4. The van der Waals surface area contributed by atoms with Crippen molar-refractivity contribution in [1.29, 1.82) is 5.26 Å². The lowest BCUT2D eigenvalue weighted by Crippen LogP contribution is -2.63. The average molecular weight is 387 g/mol. The van der Waals surface area contributed by atoms with Crippen LogP contribution in [0.25, 0.3) is 0 Å². The van der Waals surface area contributed by atoms with E-state index in [0.29, 0.717) is 10.6 Å². The van der Waals surface area contributed by atoms with E-state index >= 15 is 0 Å². The lowest BCUT2D eigenvalue weighted by molar-refractivity contribution is -0.184. The van der Waals surface area contributed by atoms with Crippen LogP contribution >= 0.6 is 11.8 Å². The van der Waals surface area contributed by atoms with E-state index in [2.05, 4.69) is 5.32 Å². The van der Waals surface area contributed by atoms with Crippen LogP contribution in [0.4, 0.5) is 23.7 Å². The molecule has 0 fully saturated rings. The first kappa shape index (κ1) is 17.5. The number of hydrogen-bond donors (Lipinski definition) is 1. The molecule has 27 heavy (non-hydrogen) atoms. The predicted octanol–water partition coefficient (Wildman–Crippen LogP) is 4.82. The summed E-state index contributed by atoms with van der Waals surface area (Å²) >= 11 is 0.995. The number of para-hydroxylation sites is 1. The van der Waals surface area contributed by atoms with Gasteiger partial charge in [0.2, 0.25) is 5.54 Å². The van der Waals surface area contributed by atoms with Crippen molar-refractivity contribution in [3.8, 4) is 6.07 Å². The molecule has 2 aliphatic rings. The predicted molar refractivity (Wildman–Crippen MR) is 94.9 cm³/mol. The Labute approximate surface area is 157 Å². The van der Waals surface area contributed by atoms with Gasteiger partial charge in [-0.3, -0.25) is 4.90 Å². The van der Waals surface area contributed by atoms with Gasteiger partial charge in [0, 0.05) is 4.90 Å². The smallest absolute Gasteiger partial charge is 0.315 e. The highest BCUT2D eigenvalue weighted by atomic mass is 32.2. The minimum atomic E-state index is -4.91. The van der Waals surface area contributed by atoms with Gasteiger partial charge in [0.05, 0.1) is 5.69 Å². The van der Waals surface area contributed by atoms with Crippen LogP contribution in [-0.4, -0.2) is 12.2 Å². The van der Waals surface area contributed by atoms with Gasteiger partial charge in [-0.25, -0.2) is 4.79 Å². The molecule has 2 aliphatic heterocycles. The van der Waals surface area contributed by atoms with Crippen LogP contribution in [0.1, 0.15) is 11.1 Å². The molecular weight excluding hydrogens is 375 g/mol. The molecule has 4 rings (SSSR count).